The van der Waals surface area contributed by atoms with E-state index in [-0.39, 0.29) is 12.0 Å². The first-order valence-electron chi connectivity index (χ1n) is 11.3. The second kappa shape index (κ2) is 10.1. The topological polar surface area (TPSA) is 53.9 Å². The monoisotopic (exact) mass is 479 g/mol. The second-order valence-electron chi connectivity index (χ2n) is 8.50. The van der Waals surface area contributed by atoms with E-state index in [9.17, 15) is 4.79 Å². The van der Waals surface area contributed by atoms with Gasteiger partial charge in [0.1, 0.15) is 6.10 Å². The summed E-state index contributed by atoms with van der Waals surface area (Å²) in [5.74, 6) is -0.138. The molecule has 0 radical (unpaired) electrons. The van der Waals surface area contributed by atoms with Crippen LogP contribution >= 0.6 is 22.9 Å². The quantitative estimate of drug-likeness (QED) is 0.480. The smallest absolute Gasteiger partial charge is 0.261 e. The van der Waals surface area contributed by atoms with E-state index < -0.39 is 0 Å². The number of oxime groups is 1. The van der Waals surface area contributed by atoms with Gasteiger partial charge >= 0.3 is 0 Å². The van der Waals surface area contributed by atoms with E-state index in [4.69, 9.17) is 16.4 Å². The van der Waals surface area contributed by atoms with Crippen molar-refractivity contribution in [2.24, 2.45) is 5.16 Å². The Morgan fingerprint density at radius 3 is 2.58 bits per heavy atom. The third-order valence-corrected chi connectivity index (χ3v) is 7.39. The number of likely N-dealkylation sites (tertiary alicyclic amines) is 1. The van der Waals surface area contributed by atoms with Gasteiger partial charge < -0.3 is 10.2 Å². The van der Waals surface area contributed by atoms with Crippen LogP contribution in [0.15, 0.2) is 65.8 Å². The molecule has 1 atom stereocenters. The molecule has 1 amide bonds. The molecule has 1 fully saturated rings. The highest BCUT2D eigenvalue weighted by Gasteiger charge is 2.23. The molecule has 0 saturated carbocycles. The van der Waals surface area contributed by atoms with Crippen molar-refractivity contribution < 1.29 is 9.63 Å². The van der Waals surface area contributed by atoms with Gasteiger partial charge in [0.05, 0.1) is 21.5 Å². The number of hydrogen-bond donors (Lipinski definition) is 1. The lowest BCUT2D eigenvalue weighted by Crippen LogP contribution is -2.31. The zero-order valence-corrected chi connectivity index (χ0v) is 19.9. The Bertz CT molecular complexity index is 1150. The van der Waals surface area contributed by atoms with Gasteiger partial charge in [0.15, 0.2) is 0 Å². The Morgan fingerprint density at radius 2 is 1.82 bits per heavy atom. The summed E-state index contributed by atoms with van der Waals surface area (Å²) >= 11 is 7.17. The molecule has 1 aromatic heterocycles. The molecule has 33 heavy (non-hydrogen) atoms. The van der Waals surface area contributed by atoms with Crippen LogP contribution in [0.3, 0.4) is 0 Å². The minimum Gasteiger partial charge on any atom is -0.390 e. The van der Waals surface area contributed by atoms with Crippen LogP contribution in [0, 0.1) is 0 Å². The number of carbonyl (C=O) groups excluding carboxylic acids is 1. The van der Waals surface area contributed by atoms with Crippen molar-refractivity contribution >= 4 is 34.6 Å². The van der Waals surface area contributed by atoms with Gasteiger partial charge in [-0.3, -0.25) is 9.69 Å². The highest BCUT2D eigenvalue weighted by molar-refractivity contribution is 7.18. The number of benzene rings is 2. The van der Waals surface area contributed by atoms with Gasteiger partial charge in [-0.15, -0.1) is 11.3 Å². The summed E-state index contributed by atoms with van der Waals surface area (Å²) in [7, 11) is 0. The lowest BCUT2D eigenvalue weighted by Gasteiger charge is -2.17. The van der Waals surface area contributed by atoms with Gasteiger partial charge in [0.25, 0.3) is 5.91 Å². The van der Waals surface area contributed by atoms with Crippen LogP contribution in [0.2, 0.25) is 4.34 Å². The van der Waals surface area contributed by atoms with E-state index in [1.807, 2.05) is 0 Å². The average Bonchev–Trinajstić information content (AvgIpc) is 3.61. The standard InChI is InChI=1S/C26H26ClN3O2S/c27-25-12-11-24(33-25)26(31)28-16-21-15-23(29-32-21)19-9-7-18(8-10-19)22-6-2-1-5-20(22)17-30-13-3-4-14-30/h1-2,5-12,21H,3-4,13-17H2,(H,28,31). The molecule has 1 N–H and O–H groups in total. The Balaban J connectivity index is 1.20. The van der Waals surface area contributed by atoms with E-state index in [1.165, 1.54) is 54.0 Å². The number of halogens is 1. The van der Waals surface area contributed by atoms with Crippen LogP contribution in [0.1, 0.15) is 40.1 Å². The SMILES string of the molecule is O=C(NCC1CC(c2ccc(-c3ccccc3CN3CCCC3)cc2)=NO1)c1ccc(Cl)s1. The highest BCUT2D eigenvalue weighted by atomic mass is 35.5. The molecule has 2 aliphatic rings. The molecule has 2 aromatic carbocycles. The maximum atomic E-state index is 12.2. The number of nitrogens with zero attached hydrogens (tertiary/aromatic N) is 2. The first-order valence-corrected chi connectivity index (χ1v) is 12.5. The number of hydrogen-bond acceptors (Lipinski definition) is 5. The molecule has 0 spiro atoms. The summed E-state index contributed by atoms with van der Waals surface area (Å²) < 4.78 is 0.602. The Kier molecular flexibility index (Phi) is 6.76. The molecule has 5 nitrogen and oxygen atoms in total. The molecule has 170 valence electrons. The van der Waals surface area contributed by atoms with Crippen LogP contribution in [0.25, 0.3) is 11.1 Å². The molecule has 7 heteroatoms. The maximum Gasteiger partial charge on any atom is 0.261 e. The predicted molar refractivity (Wildman–Crippen MR) is 134 cm³/mol. The minimum absolute atomic E-state index is 0.138. The molecule has 5 rings (SSSR count). The summed E-state index contributed by atoms with van der Waals surface area (Å²) in [4.78, 5) is 20.9. The number of rotatable bonds is 7. The van der Waals surface area contributed by atoms with Gasteiger partial charge in [-0.2, -0.15) is 0 Å². The molecule has 0 aliphatic carbocycles. The molecule has 3 aromatic rings. The van der Waals surface area contributed by atoms with Crippen molar-refractivity contribution in [3.05, 3.63) is 81.0 Å². The fraction of sp³-hybridized carbons (Fsp3) is 0.308. The van der Waals surface area contributed by atoms with E-state index in [1.54, 1.807) is 12.1 Å². The van der Waals surface area contributed by atoms with E-state index in [2.05, 4.69) is 63.9 Å². The largest absolute Gasteiger partial charge is 0.390 e. The summed E-state index contributed by atoms with van der Waals surface area (Å²) in [5, 5.41) is 7.17. The molecular formula is C26H26ClN3O2S. The second-order valence-corrected chi connectivity index (χ2v) is 10.2. The molecule has 3 heterocycles. The van der Waals surface area contributed by atoms with E-state index in [0.29, 0.717) is 22.2 Å². The fourth-order valence-electron chi connectivity index (χ4n) is 4.40. The number of carbonyl (C=O) groups is 1. The third kappa shape index (κ3) is 5.29. The van der Waals surface area contributed by atoms with Crippen LogP contribution < -0.4 is 5.32 Å². The number of nitrogens with one attached hydrogen (secondary N) is 1. The lowest BCUT2D eigenvalue weighted by molar-refractivity contribution is 0.0755. The maximum absolute atomic E-state index is 12.2. The lowest BCUT2D eigenvalue weighted by atomic mass is 9.96. The highest BCUT2D eigenvalue weighted by Crippen LogP contribution is 2.27. The minimum atomic E-state index is -0.166. The van der Waals surface area contributed by atoms with Crippen molar-refractivity contribution in [3.8, 4) is 11.1 Å². The molecule has 2 aliphatic heterocycles. The van der Waals surface area contributed by atoms with Crippen LogP contribution in [-0.4, -0.2) is 42.3 Å². The van der Waals surface area contributed by atoms with Crippen LogP contribution in [0.4, 0.5) is 0 Å². The van der Waals surface area contributed by atoms with Crippen LogP contribution in [-0.2, 0) is 11.4 Å². The molecule has 0 bridgehead atoms. The number of amides is 1. The van der Waals surface area contributed by atoms with Gasteiger partial charge in [-0.05, 0) is 60.3 Å². The van der Waals surface area contributed by atoms with E-state index >= 15 is 0 Å². The average molecular weight is 480 g/mol. The van der Waals surface area contributed by atoms with Crippen molar-refractivity contribution in [2.75, 3.05) is 19.6 Å². The summed E-state index contributed by atoms with van der Waals surface area (Å²) in [5.41, 5.74) is 5.83. The predicted octanol–water partition coefficient (Wildman–Crippen LogP) is 5.59. The van der Waals surface area contributed by atoms with Gasteiger partial charge in [0, 0.05) is 13.0 Å². The first-order chi connectivity index (χ1) is 16.2. The van der Waals surface area contributed by atoms with Gasteiger partial charge in [-0.1, -0.05) is 65.3 Å². The normalized spacial score (nSPS) is 18.2. The van der Waals surface area contributed by atoms with Crippen molar-refractivity contribution in [3.63, 3.8) is 0 Å². The van der Waals surface area contributed by atoms with Crippen molar-refractivity contribution in [2.45, 2.75) is 31.9 Å². The zero-order chi connectivity index (χ0) is 22.6. The Morgan fingerprint density at radius 1 is 1.06 bits per heavy atom. The van der Waals surface area contributed by atoms with Crippen LogP contribution in [0.5, 0.6) is 0 Å². The Labute approximate surface area is 203 Å². The summed E-state index contributed by atoms with van der Waals surface area (Å²) in [6.07, 6.45) is 3.10. The molecular weight excluding hydrogens is 454 g/mol. The molecule has 1 unspecified atom stereocenters. The molecule has 1 saturated heterocycles. The fourth-order valence-corrected chi connectivity index (χ4v) is 5.36. The summed E-state index contributed by atoms with van der Waals surface area (Å²) in [6.45, 7) is 3.79. The van der Waals surface area contributed by atoms with E-state index in [0.717, 1.165) is 17.8 Å². The Hall–Kier alpha value is -2.67. The third-order valence-electron chi connectivity index (χ3n) is 6.16. The first kappa shape index (κ1) is 22.1. The van der Waals surface area contributed by atoms with Gasteiger partial charge in [-0.25, -0.2) is 0 Å². The number of thiophene rings is 1. The van der Waals surface area contributed by atoms with Crippen molar-refractivity contribution in [1.29, 1.82) is 0 Å². The summed E-state index contributed by atoms with van der Waals surface area (Å²) in [6, 6.07) is 20.7. The van der Waals surface area contributed by atoms with Crippen molar-refractivity contribution in [1.82, 2.24) is 10.2 Å². The van der Waals surface area contributed by atoms with Gasteiger partial charge in [0.2, 0.25) is 0 Å². The zero-order valence-electron chi connectivity index (χ0n) is 18.3.